The lowest BCUT2D eigenvalue weighted by atomic mass is 10.1. The molecule has 2 saturated heterocycles. The fourth-order valence-electron chi connectivity index (χ4n) is 5.08. The molecule has 4 heterocycles. The number of carboxylic acid groups (broad SMARTS) is 1. The minimum Gasteiger partial charge on any atom is -0.483 e. The Balaban J connectivity index is 1.26. The Morgan fingerprint density at radius 3 is 2.71 bits per heavy atom. The third kappa shape index (κ3) is 6.21. The smallest absolute Gasteiger partial charge is 0.334 e. The largest absolute Gasteiger partial charge is 0.483 e. The standard InChI is InChI=1S/C26H33ClN8O6/c1-2-5-33-6-8-34(9-7-33)18(36)12-40-17-4-3-16(27)10-15(17)11-29-23-20-24(31-13-30-23)35(14-32-20)25-21(37)19(28)22(41-25)26(38)39/h3-4,10,13-14,19,21-22,25,37H,2,5-9,11-12,28H2,1H3,(H,38,39)(H,29,30,31). The number of benzene rings is 1. The Morgan fingerprint density at radius 2 is 2.00 bits per heavy atom. The molecule has 0 saturated carbocycles. The molecule has 5 rings (SSSR count). The molecule has 15 heteroatoms. The van der Waals surface area contributed by atoms with Crippen LogP contribution < -0.4 is 15.8 Å². The molecule has 2 aromatic heterocycles. The molecule has 2 fully saturated rings. The number of ether oxygens (including phenoxy) is 2. The summed E-state index contributed by atoms with van der Waals surface area (Å²) < 4.78 is 12.9. The molecule has 4 atom stereocenters. The van der Waals surface area contributed by atoms with E-state index in [-0.39, 0.29) is 19.1 Å². The number of amides is 1. The molecule has 3 aromatic rings. The first-order valence-electron chi connectivity index (χ1n) is 13.4. The van der Waals surface area contributed by atoms with Gasteiger partial charge in [0.05, 0.1) is 12.4 Å². The number of hydrogen-bond acceptors (Lipinski definition) is 11. The van der Waals surface area contributed by atoms with Gasteiger partial charge in [-0.2, -0.15) is 0 Å². The minimum atomic E-state index is -1.37. The van der Waals surface area contributed by atoms with Crippen LogP contribution in [0.2, 0.25) is 5.02 Å². The Bertz CT molecular complexity index is 1400. The van der Waals surface area contributed by atoms with Gasteiger partial charge in [0.1, 0.15) is 18.2 Å². The van der Waals surface area contributed by atoms with Gasteiger partial charge >= 0.3 is 5.97 Å². The van der Waals surface area contributed by atoms with Crippen LogP contribution in [-0.2, 0) is 20.9 Å². The van der Waals surface area contributed by atoms with Gasteiger partial charge in [-0.05, 0) is 31.2 Å². The van der Waals surface area contributed by atoms with E-state index in [1.807, 2.05) is 4.90 Å². The molecule has 1 aromatic carbocycles. The van der Waals surface area contributed by atoms with E-state index in [1.54, 1.807) is 18.2 Å². The summed E-state index contributed by atoms with van der Waals surface area (Å²) in [6.45, 7) is 6.41. The molecule has 0 radical (unpaired) electrons. The van der Waals surface area contributed by atoms with Crippen molar-refractivity contribution < 1.29 is 29.3 Å². The van der Waals surface area contributed by atoms with E-state index < -0.39 is 30.4 Å². The van der Waals surface area contributed by atoms with Crippen molar-refractivity contribution in [2.24, 2.45) is 5.73 Å². The van der Waals surface area contributed by atoms with Crippen LogP contribution in [0.15, 0.2) is 30.9 Å². The van der Waals surface area contributed by atoms with Gasteiger partial charge in [-0.25, -0.2) is 19.7 Å². The van der Waals surface area contributed by atoms with Crippen molar-refractivity contribution in [1.82, 2.24) is 29.3 Å². The molecule has 41 heavy (non-hydrogen) atoms. The highest BCUT2D eigenvalue weighted by Gasteiger charge is 2.46. The summed E-state index contributed by atoms with van der Waals surface area (Å²) in [4.78, 5) is 41.3. The van der Waals surface area contributed by atoms with E-state index in [4.69, 9.17) is 26.8 Å². The maximum absolute atomic E-state index is 12.8. The van der Waals surface area contributed by atoms with Crippen LogP contribution in [0.5, 0.6) is 5.75 Å². The van der Waals surface area contributed by atoms with E-state index in [2.05, 4.69) is 32.1 Å². The number of aliphatic hydroxyl groups is 1. The first kappa shape index (κ1) is 29.0. The molecule has 2 aliphatic rings. The molecule has 0 bridgehead atoms. The Morgan fingerprint density at radius 1 is 1.22 bits per heavy atom. The van der Waals surface area contributed by atoms with Crippen molar-refractivity contribution in [3.8, 4) is 5.75 Å². The highest BCUT2D eigenvalue weighted by Crippen LogP contribution is 2.32. The van der Waals surface area contributed by atoms with E-state index in [0.717, 1.165) is 26.1 Å². The first-order valence-corrected chi connectivity index (χ1v) is 13.8. The summed E-state index contributed by atoms with van der Waals surface area (Å²) in [6, 6.07) is 4.04. The number of fused-ring (bicyclic) bond motifs is 1. The van der Waals surface area contributed by atoms with Crippen molar-refractivity contribution in [3.05, 3.63) is 41.4 Å². The third-order valence-electron chi connectivity index (χ3n) is 7.28. The summed E-state index contributed by atoms with van der Waals surface area (Å²) in [5.74, 6) is -0.449. The topological polar surface area (TPSA) is 181 Å². The number of anilines is 1. The van der Waals surface area contributed by atoms with Crippen LogP contribution in [0.3, 0.4) is 0 Å². The lowest BCUT2D eigenvalue weighted by Gasteiger charge is -2.34. The predicted molar refractivity (Wildman–Crippen MR) is 148 cm³/mol. The normalized spacial score (nSPS) is 23.2. The number of carboxylic acids is 1. The SMILES string of the molecule is CCCN1CCN(C(=O)COc2ccc(Cl)cc2CNc2ncnc3c2ncn3C2OC(C(=O)O)C(N)C2O)CC1. The van der Waals surface area contributed by atoms with Gasteiger partial charge in [-0.3, -0.25) is 14.3 Å². The van der Waals surface area contributed by atoms with Crippen LogP contribution in [0.25, 0.3) is 11.2 Å². The fraction of sp³-hybridized carbons (Fsp3) is 0.500. The monoisotopic (exact) mass is 588 g/mol. The Kier molecular flexibility index (Phi) is 8.85. The summed E-state index contributed by atoms with van der Waals surface area (Å²) in [5, 5.41) is 23.6. The van der Waals surface area contributed by atoms with Gasteiger partial charge in [-0.15, -0.1) is 0 Å². The quantitative estimate of drug-likeness (QED) is 0.260. The average molecular weight is 589 g/mol. The number of hydrogen-bond donors (Lipinski definition) is 4. The Hall–Kier alpha value is -3.56. The number of nitrogens with zero attached hydrogens (tertiary/aromatic N) is 6. The van der Waals surface area contributed by atoms with E-state index >= 15 is 0 Å². The van der Waals surface area contributed by atoms with Gasteiger partial charge in [0.15, 0.2) is 35.9 Å². The second kappa shape index (κ2) is 12.5. The number of aliphatic carboxylic acids is 1. The van der Waals surface area contributed by atoms with E-state index in [9.17, 15) is 19.8 Å². The number of nitrogens with two attached hydrogens (primary N) is 1. The van der Waals surface area contributed by atoms with Crippen molar-refractivity contribution in [2.75, 3.05) is 44.6 Å². The third-order valence-corrected chi connectivity index (χ3v) is 7.52. The second-order valence-electron chi connectivity index (χ2n) is 10.0. The molecule has 4 unspecified atom stereocenters. The minimum absolute atomic E-state index is 0.0702. The van der Waals surface area contributed by atoms with Crippen LogP contribution in [0, 0.1) is 0 Å². The summed E-state index contributed by atoms with van der Waals surface area (Å²) in [6.07, 6.45) is 0.0512. The number of halogens is 1. The van der Waals surface area contributed by atoms with Crippen molar-refractivity contribution >= 4 is 40.5 Å². The second-order valence-corrected chi connectivity index (χ2v) is 10.5. The molecule has 1 amide bonds. The number of rotatable bonds is 10. The van der Waals surface area contributed by atoms with Gasteiger partial charge in [0.25, 0.3) is 5.91 Å². The lowest BCUT2D eigenvalue weighted by molar-refractivity contribution is -0.152. The van der Waals surface area contributed by atoms with Crippen molar-refractivity contribution in [1.29, 1.82) is 0 Å². The van der Waals surface area contributed by atoms with Gasteiger partial charge < -0.3 is 35.6 Å². The van der Waals surface area contributed by atoms with Crippen LogP contribution in [0.1, 0.15) is 25.1 Å². The van der Waals surface area contributed by atoms with Crippen molar-refractivity contribution in [2.45, 2.75) is 44.4 Å². The highest BCUT2D eigenvalue weighted by molar-refractivity contribution is 6.30. The zero-order valence-electron chi connectivity index (χ0n) is 22.5. The molecule has 220 valence electrons. The van der Waals surface area contributed by atoms with E-state index in [0.29, 0.717) is 46.4 Å². The van der Waals surface area contributed by atoms with Crippen LogP contribution in [0.4, 0.5) is 5.82 Å². The number of carbonyl (C=O) groups excluding carboxylic acids is 1. The van der Waals surface area contributed by atoms with Gasteiger partial charge in [0, 0.05) is 43.3 Å². The average Bonchev–Trinajstić information content (AvgIpc) is 3.52. The number of aromatic nitrogens is 4. The zero-order valence-corrected chi connectivity index (χ0v) is 23.3. The highest BCUT2D eigenvalue weighted by atomic mass is 35.5. The van der Waals surface area contributed by atoms with Crippen molar-refractivity contribution in [3.63, 3.8) is 0 Å². The van der Waals surface area contributed by atoms with E-state index in [1.165, 1.54) is 17.2 Å². The van der Waals surface area contributed by atoms with Crippen LogP contribution >= 0.6 is 11.6 Å². The molecule has 14 nitrogen and oxygen atoms in total. The molecule has 5 N–H and O–H groups in total. The summed E-state index contributed by atoms with van der Waals surface area (Å²) in [7, 11) is 0. The number of piperazine rings is 1. The molecule has 0 aliphatic carbocycles. The molecular weight excluding hydrogens is 556 g/mol. The molecule has 0 spiro atoms. The maximum Gasteiger partial charge on any atom is 0.334 e. The first-order chi connectivity index (χ1) is 19.8. The Labute approximate surface area is 241 Å². The molecular formula is C26H33ClN8O6. The number of nitrogens with one attached hydrogen (secondary N) is 1. The van der Waals surface area contributed by atoms with Crippen LogP contribution in [-0.4, -0.2) is 109 Å². The summed E-state index contributed by atoms with van der Waals surface area (Å²) in [5.41, 5.74) is 7.24. The number of imidazole rings is 1. The predicted octanol–water partition coefficient (Wildman–Crippen LogP) is 0.695. The number of carbonyl (C=O) groups is 2. The summed E-state index contributed by atoms with van der Waals surface area (Å²) >= 11 is 6.26. The lowest BCUT2D eigenvalue weighted by Crippen LogP contribution is -2.50. The van der Waals surface area contributed by atoms with Gasteiger partial charge in [0.2, 0.25) is 0 Å². The maximum atomic E-state index is 12.8. The zero-order chi connectivity index (χ0) is 29.1. The molecule has 2 aliphatic heterocycles. The van der Waals surface area contributed by atoms with Gasteiger partial charge in [-0.1, -0.05) is 18.5 Å². The fourth-order valence-corrected chi connectivity index (χ4v) is 5.28. The number of aliphatic hydroxyl groups excluding tert-OH is 1.